The zero-order valence-corrected chi connectivity index (χ0v) is 17.8. The second-order valence-corrected chi connectivity index (χ2v) is 9.57. The lowest BCUT2D eigenvalue weighted by Crippen LogP contribution is -2.40. The summed E-state index contributed by atoms with van der Waals surface area (Å²) in [6.45, 7) is 6.70. The lowest BCUT2D eigenvalue weighted by Gasteiger charge is -2.32. The first-order valence-corrected chi connectivity index (χ1v) is 10.7. The number of hydrogen-bond acceptors (Lipinski definition) is 4. The fraction of sp³-hybridized carbons (Fsp3) is 0.636. The van der Waals surface area contributed by atoms with E-state index in [1.165, 1.54) is 0 Å². The summed E-state index contributed by atoms with van der Waals surface area (Å²) in [5.41, 5.74) is 0.250. The Bertz CT molecular complexity index is 842. The van der Waals surface area contributed by atoms with Crippen LogP contribution in [0.15, 0.2) is 18.2 Å². The predicted octanol–water partition coefficient (Wildman–Crippen LogP) is 3.79. The number of carbonyl (C=O) groups excluding carboxylic acids is 1. The van der Waals surface area contributed by atoms with Gasteiger partial charge in [-0.15, -0.1) is 0 Å². The fourth-order valence-electron chi connectivity index (χ4n) is 4.77. The third-order valence-corrected chi connectivity index (χ3v) is 7.33. The lowest BCUT2D eigenvalue weighted by atomic mass is 9.75. The van der Waals surface area contributed by atoms with Crippen LogP contribution in [-0.2, 0) is 20.9 Å². The summed E-state index contributed by atoms with van der Waals surface area (Å²) in [5, 5.41) is 12.3. The van der Waals surface area contributed by atoms with Crippen LogP contribution in [0.5, 0.6) is 5.75 Å². The van der Waals surface area contributed by atoms with Crippen molar-refractivity contribution in [1.82, 2.24) is 5.32 Å². The van der Waals surface area contributed by atoms with Gasteiger partial charge in [-0.3, -0.25) is 9.59 Å². The summed E-state index contributed by atoms with van der Waals surface area (Å²) >= 11 is 6.41. The van der Waals surface area contributed by atoms with Gasteiger partial charge in [0.1, 0.15) is 17.5 Å². The Morgan fingerprint density at radius 1 is 1.34 bits per heavy atom. The number of carboxylic acids is 1. The van der Waals surface area contributed by atoms with Gasteiger partial charge in [0, 0.05) is 23.6 Å². The maximum atomic E-state index is 12.3. The van der Waals surface area contributed by atoms with E-state index in [2.05, 4.69) is 26.1 Å². The molecule has 1 saturated carbocycles. The molecule has 2 bridgehead atoms. The van der Waals surface area contributed by atoms with Gasteiger partial charge in [0.2, 0.25) is 5.91 Å². The molecule has 1 aromatic rings. The second kappa shape index (κ2) is 7.17. The molecule has 1 aliphatic carbocycles. The average molecular weight is 422 g/mol. The number of aliphatic carboxylic acids is 1. The zero-order chi connectivity index (χ0) is 21.0. The Morgan fingerprint density at radius 3 is 2.72 bits per heavy atom. The monoisotopic (exact) mass is 421 g/mol. The van der Waals surface area contributed by atoms with E-state index < -0.39 is 17.8 Å². The largest absolute Gasteiger partial charge is 0.487 e. The molecule has 6 nitrogen and oxygen atoms in total. The molecule has 0 spiro atoms. The molecule has 4 rings (SSSR count). The molecule has 2 saturated heterocycles. The van der Waals surface area contributed by atoms with E-state index in [0.29, 0.717) is 28.7 Å². The number of fused-ring (bicyclic) bond motifs is 2. The summed E-state index contributed by atoms with van der Waals surface area (Å²) in [5.74, 6) is -1.15. The molecular weight excluding hydrogens is 394 g/mol. The van der Waals surface area contributed by atoms with Crippen molar-refractivity contribution in [1.29, 1.82) is 0 Å². The number of amides is 1. The smallest absolute Gasteiger partial charge is 0.307 e. The number of benzene rings is 1. The van der Waals surface area contributed by atoms with Gasteiger partial charge in [-0.05, 0) is 44.2 Å². The maximum Gasteiger partial charge on any atom is 0.307 e. The van der Waals surface area contributed by atoms with Crippen molar-refractivity contribution < 1.29 is 24.2 Å². The quantitative estimate of drug-likeness (QED) is 0.699. The number of carbonyl (C=O) groups is 2. The molecule has 1 aromatic carbocycles. The first-order chi connectivity index (χ1) is 13.7. The predicted molar refractivity (Wildman–Crippen MR) is 108 cm³/mol. The van der Waals surface area contributed by atoms with Gasteiger partial charge in [-0.2, -0.15) is 0 Å². The van der Waals surface area contributed by atoms with Gasteiger partial charge >= 0.3 is 5.97 Å². The van der Waals surface area contributed by atoms with Crippen LogP contribution < -0.4 is 10.1 Å². The minimum absolute atomic E-state index is 0.0774. The van der Waals surface area contributed by atoms with Gasteiger partial charge < -0.3 is 19.9 Å². The third-order valence-electron chi connectivity index (χ3n) is 6.97. The molecule has 0 aromatic heterocycles. The molecule has 29 heavy (non-hydrogen) atoms. The molecular formula is C22H28ClNO5. The van der Waals surface area contributed by atoms with Gasteiger partial charge in [0.05, 0.1) is 17.4 Å². The van der Waals surface area contributed by atoms with E-state index in [1.54, 1.807) is 6.07 Å². The van der Waals surface area contributed by atoms with Crippen molar-refractivity contribution >= 4 is 23.5 Å². The molecule has 3 aliphatic rings. The number of hydrogen-bond donors (Lipinski definition) is 2. The third kappa shape index (κ3) is 3.61. The van der Waals surface area contributed by atoms with Crippen molar-refractivity contribution in [3.63, 3.8) is 0 Å². The summed E-state index contributed by atoms with van der Waals surface area (Å²) in [4.78, 5) is 23.2. The van der Waals surface area contributed by atoms with E-state index >= 15 is 0 Å². The summed E-state index contributed by atoms with van der Waals surface area (Å²) in [7, 11) is 0. The van der Waals surface area contributed by atoms with Crippen molar-refractivity contribution in [2.75, 3.05) is 0 Å². The highest BCUT2D eigenvalue weighted by Crippen LogP contribution is 2.55. The van der Waals surface area contributed by atoms with Gasteiger partial charge in [0.15, 0.2) is 0 Å². The van der Waals surface area contributed by atoms with Gasteiger partial charge in [-0.25, -0.2) is 0 Å². The molecule has 3 fully saturated rings. The Labute approximate surface area is 175 Å². The molecule has 2 aliphatic heterocycles. The first kappa shape index (κ1) is 20.5. The molecule has 7 heteroatoms. The molecule has 158 valence electrons. The van der Waals surface area contributed by atoms with Crippen LogP contribution in [0.4, 0.5) is 0 Å². The number of carboxylic acid groups (broad SMARTS) is 1. The van der Waals surface area contributed by atoms with Crippen molar-refractivity contribution in [2.24, 2.45) is 17.8 Å². The Balaban J connectivity index is 1.46. The number of halogens is 1. The van der Waals surface area contributed by atoms with E-state index in [0.717, 1.165) is 19.3 Å². The van der Waals surface area contributed by atoms with Crippen LogP contribution in [0.25, 0.3) is 0 Å². The van der Waals surface area contributed by atoms with Crippen LogP contribution in [-0.4, -0.2) is 34.3 Å². The average Bonchev–Trinajstić information content (AvgIpc) is 3.32. The topological polar surface area (TPSA) is 84.9 Å². The number of ether oxygens (including phenoxy) is 2. The van der Waals surface area contributed by atoms with E-state index in [9.17, 15) is 9.59 Å². The fourth-order valence-corrected chi connectivity index (χ4v) is 5.01. The highest BCUT2D eigenvalue weighted by atomic mass is 35.5. The maximum absolute atomic E-state index is 12.3. The van der Waals surface area contributed by atoms with Crippen molar-refractivity contribution in [3.8, 4) is 5.75 Å². The standard InChI is InChI=1S/C22H28ClNO5/c1-12(2)22-8-7-21(3,29-22)18(10-22)28-17-6-4-5-16(23)15(17)11-24-19(25)13-9-14(13)20(26)27/h4-6,12-14,18H,7-11H2,1-3H3,(H,24,25)(H,26,27)/t13-,14+,18+,21+,22+/m1/s1. The van der Waals surface area contributed by atoms with E-state index in [1.807, 2.05) is 12.1 Å². The van der Waals surface area contributed by atoms with Crippen LogP contribution in [0.1, 0.15) is 52.0 Å². The minimum atomic E-state index is -0.921. The van der Waals surface area contributed by atoms with Crippen LogP contribution in [0, 0.1) is 17.8 Å². The Hall–Kier alpha value is -1.79. The molecule has 5 atom stereocenters. The number of nitrogens with one attached hydrogen (secondary N) is 1. The van der Waals surface area contributed by atoms with Crippen LogP contribution >= 0.6 is 11.6 Å². The summed E-state index contributed by atoms with van der Waals surface area (Å²) < 4.78 is 12.9. The highest BCUT2D eigenvalue weighted by molar-refractivity contribution is 6.31. The van der Waals surface area contributed by atoms with Gasteiger partial charge in [-0.1, -0.05) is 31.5 Å². The van der Waals surface area contributed by atoms with Gasteiger partial charge in [0.25, 0.3) is 0 Å². The molecule has 2 N–H and O–H groups in total. The zero-order valence-electron chi connectivity index (χ0n) is 17.0. The van der Waals surface area contributed by atoms with Crippen molar-refractivity contribution in [3.05, 3.63) is 28.8 Å². The Kier molecular flexibility index (Phi) is 5.06. The van der Waals surface area contributed by atoms with E-state index in [-0.39, 0.29) is 29.8 Å². The van der Waals surface area contributed by atoms with Crippen molar-refractivity contribution in [2.45, 2.75) is 70.3 Å². The van der Waals surface area contributed by atoms with Crippen LogP contribution in [0.2, 0.25) is 5.02 Å². The minimum Gasteiger partial charge on any atom is -0.487 e. The van der Waals surface area contributed by atoms with Crippen LogP contribution in [0.3, 0.4) is 0 Å². The SMILES string of the molecule is CC(C)[C@@]12CC[C@](C)(O1)[C@@H](Oc1cccc(Cl)c1CNC(=O)[C@@H]1C[C@@H]1C(=O)O)C2. The lowest BCUT2D eigenvalue weighted by molar-refractivity contribution is -0.140. The number of rotatable bonds is 7. The highest BCUT2D eigenvalue weighted by Gasteiger charge is 2.61. The second-order valence-electron chi connectivity index (χ2n) is 9.17. The molecule has 0 unspecified atom stereocenters. The molecule has 0 radical (unpaired) electrons. The Morgan fingerprint density at radius 2 is 2.10 bits per heavy atom. The summed E-state index contributed by atoms with van der Waals surface area (Å²) in [6, 6.07) is 5.46. The normalized spacial score (nSPS) is 35.0. The first-order valence-electron chi connectivity index (χ1n) is 10.3. The summed E-state index contributed by atoms with van der Waals surface area (Å²) in [6.07, 6.45) is 3.16. The molecule has 2 heterocycles. The molecule has 1 amide bonds. The van der Waals surface area contributed by atoms with E-state index in [4.69, 9.17) is 26.2 Å².